The second-order valence-corrected chi connectivity index (χ2v) is 6.01. The number of nitrogens with two attached hydrogens (primary N) is 2. The molecule has 3 atom stereocenters. The molecule has 0 aromatic heterocycles. The molecule has 2 amide bonds. The summed E-state index contributed by atoms with van der Waals surface area (Å²) in [6.45, 7) is 0. The van der Waals surface area contributed by atoms with E-state index in [9.17, 15) is 9.59 Å². The molecule has 4 saturated carbocycles. The van der Waals surface area contributed by atoms with Crippen LogP contribution in [0.1, 0.15) is 32.1 Å². The van der Waals surface area contributed by atoms with Gasteiger partial charge in [0, 0.05) is 0 Å². The van der Waals surface area contributed by atoms with Gasteiger partial charge in [0.2, 0.25) is 11.8 Å². The molecule has 0 heterocycles. The Hall–Kier alpha value is -1.06. The van der Waals surface area contributed by atoms with Gasteiger partial charge in [-0.2, -0.15) is 0 Å². The molecule has 0 aliphatic heterocycles. The van der Waals surface area contributed by atoms with Gasteiger partial charge < -0.3 is 11.5 Å². The van der Waals surface area contributed by atoms with E-state index in [4.69, 9.17) is 11.5 Å². The van der Waals surface area contributed by atoms with Gasteiger partial charge in [0.05, 0.1) is 11.3 Å². The van der Waals surface area contributed by atoms with Gasteiger partial charge in [-0.1, -0.05) is 0 Å². The highest BCUT2D eigenvalue weighted by Gasteiger charge is 2.61. The van der Waals surface area contributed by atoms with Crippen molar-refractivity contribution in [1.29, 1.82) is 0 Å². The maximum absolute atomic E-state index is 11.8. The molecule has 4 rings (SSSR count). The lowest BCUT2D eigenvalue weighted by Crippen LogP contribution is -2.61. The molecule has 0 aromatic carbocycles. The van der Waals surface area contributed by atoms with Crippen molar-refractivity contribution >= 4 is 11.8 Å². The van der Waals surface area contributed by atoms with Crippen LogP contribution in [0, 0.1) is 29.1 Å². The molecule has 88 valence electrons. The summed E-state index contributed by atoms with van der Waals surface area (Å²) in [5, 5.41) is 0. The van der Waals surface area contributed by atoms with Crippen molar-refractivity contribution in [3.8, 4) is 0 Å². The number of amides is 2. The molecule has 4 heteroatoms. The molecule has 4 fully saturated rings. The number of primary amides is 2. The van der Waals surface area contributed by atoms with Crippen LogP contribution in [-0.2, 0) is 9.59 Å². The minimum Gasteiger partial charge on any atom is -0.369 e. The molecule has 4 bridgehead atoms. The molecular weight excluding hydrogens is 204 g/mol. The Balaban J connectivity index is 2.05. The van der Waals surface area contributed by atoms with Crippen molar-refractivity contribution in [1.82, 2.24) is 0 Å². The molecule has 0 saturated heterocycles. The summed E-state index contributed by atoms with van der Waals surface area (Å²) >= 11 is 0. The molecule has 4 aliphatic carbocycles. The van der Waals surface area contributed by atoms with Gasteiger partial charge in [-0.25, -0.2) is 0 Å². The van der Waals surface area contributed by atoms with Crippen LogP contribution in [0.5, 0.6) is 0 Å². The molecular formula is C12H18N2O2. The first-order valence-electron chi connectivity index (χ1n) is 6.12. The summed E-state index contributed by atoms with van der Waals surface area (Å²) in [6, 6.07) is 0. The van der Waals surface area contributed by atoms with Crippen LogP contribution in [-0.4, -0.2) is 11.8 Å². The SMILES string of the molecule is NC(=O)C1C2CC3CC(C2)CC1(C(N)=O)C3. The number of hydrogen-bond donors (Lipinski definition) is 2. The molecule has 0 radical (unpaired) electrons. The van der Waals surface area contributed by atoms with Crippen molar-refractivity contribution in [2.45, 2.75) is 32.1 Å². The van der Waals surface area contributed by atoms with E-state index in [0.29, 0.717) is 17.8 Å². The molecule has 0 spiro atoms. The molecule has 4 N–H and O–H groups in total. The van der Waals surface area contributed by atoms with Gasteiger partial charge >= 0.3 is 0 Å². The first-order valence-corrected chi connectivity index (χ1v) is 6.12. The quantitative estimate of drug-likeness (QED) is 0.708. The molecule has 16 heavy (non-hydrogen) atoms. The fraction of sp³-hybridized carbons (Fsp3) is 0.833. The lowest BCUT2D eigenvalue weighted by atomic mass is 9.44. The molecule has 4 aliphatic rings. The zero-order chi connectivity index (χ0) is 11.5. The van der Waals surface area contributed by atoms with E-state index in [0.717, 1.165) is 25.7 Å². The summed E-state index contributed by atoms with van der Waals surface area (Å²) in [4.78, 5) is 23.4. The van der Waals surface area contributed by atoms with Gasteiger partial charge in [0.25, 0.3) is 0 Å². The average Bonchev–Trinajstić information content (AvgIpc) is 2.14. The topological polar surface area (TPSA) is 86.2 Å². The third-order valence-corrected chi connectivity index (χ3v) is 5.11. The van der Waals surface area contributed by atoms with Crippen LogP contribution in [0.2, 0.25) is 0 Å². The normalized spacial score (nSPS) is 49.2. The van der Waals surface area contributed by atoms with Crippen molar-refractivity contribution < 1.29 is 9.59 Å². The maximum Gasteiger partial charge on any atom is 0.224 e. The van der Waals surface area contributed by atoms with Crippen molar-refractivity contribution in [3.05, 3.63) is 0 Å². The summed E-state index contributed by atoms with van der Waals surface area (Å²) in [6.07, 6.45) is 4.95. The Morgan fingerprint density at radius 1 is 1.00 bits per heavy atom. The predicted molar refractivity (Wildman–Crippen MR) is 57.9 cm³/mol. The van der Waals surface area contributed by atoms with Gasteiger partial charge in [-0.3, -0.25) is 9.59 Å². The summed E-state index contributed by atoms with van der Waals surface area (Å²) < 4.78 is 0. The smallest absolute Gasteiger partial charge is 0.224 e. The van der Waals surface area contributed by atoms with Crippen LogP contribution in [0.4, 0.5) is 0 Å². The first kappa shape index (κ1) is 10.1. The van der Waals surface area contributed by atoms with Crippen LogP contribution in [0.25, 0.3) is 0 Å². The highest BCUT2D eigenvalue weighted by Crippen LogP contribution is 2.62. The van der Waals surface area contributed by atoms with E-state index in [1.54, 1.807) is 0 Å². The zero-order valence-electron chi connectivity index (χ0n) is 9.32. The standard InChI is InChI=1S/C12H18N2O2/c13-10(15)9-8-2-6-1-7(3-8)5-12(9,4-6)11(14)16/h6-9H,1-5H2,(H2,13,15)(H2,14,16). The molecule has 3 unspecified atom stereocenters. The number of rotatable bonds is 2. The summed E-state index contributed by atoms with van der Waals surface area (Å²) in [5.74, 6) is 0.605. The van der Waals surface area contributed by atoms with E-state index in [2.05, 4.69) is 0 Å². The molecule has 0 aromatic rings. The zero-order valence-corrected chi connectivity index (χ0v) is 9.32. The predicted octanol–water partition coefficient (Wildman–Crippen LogP) is 0.399. The fourth-order valence-electron chi connectivity index (χ4n) is 4.90. The number of hydrogen-bond acceptors (Lipinski definition) is 2. The maximum atomic E-state index is 11.8. The second kappa shape index (κ2) is 2.99. The van der Waals surface area contributed by atoms with E-state index >= 15 is 0 Å². The van der Waals surface area contributed by atoms with E-state index in [1.165, 1.54) is 6.42 Å². The second-order valence-electron chi connectivity index (χ2n) is 6.01. The lowest BCUT2D eigenvalue weighted by Gasteiger charge is -2.58. The van der Waals surface area contributed by atoms with Crippen LogP contribution >= 0.6 is 0 Å². The summed E-state index contributed by atoms with van der Waals surface area (Å²) in [7, 11) is 0. The van der Waals surface area contributed by atoms with E-state index in [-0.39, 0.29) is 17.7 Å². The third-order valence-electron chi connectivity index (χ3n) is 5.11. The summed E-state index contributed by atoms with van der Waals surface area (Å²) in [5.41, 5.74) is 10.5. The fourth-order valence-corrected chi connectivity index (χ4v) is 4.90. The van der Waals surface area contributed by atoms with E-state index < -0.39 is 5.41 Å². The monoisotopic (exact) mass is 222 g/mol. The van der Waals surface area contributed by atoms with Crippen LogP contribution in [0.3, 0.4) is 0 Å². The highest BCUT2D eigenvalue weighted by atomic mass is 16.2. The minimum atomic E-state index is -0.597. The van der Waals surface area contributed by atoms with E-state index in [1.807, 2.05) is 0 Å². The van der Waals surface area contributed by atoms with Crippen molar-refractivity contribution in [2.24, 2.45) is 40.6 Å². The number of carbonyl (C=O) groups is 2. The molecule has 4 nitrogen and oxygen atoms in total. The first-order chi connectivity index (χ1) is 7.53. The Kier molecular flexibility index (Phi) is 1.89. The highest BCUT2D eigenvalue weighted by molar-refractivity contribution is 5.90. The van der Waals surface area contributed by atoms with Crippen molar-refractivity contribution in [3.63, 3.8) is 0 Å². The average molecular weight is 222 g/mol. The van der Waals surface area contributed by atoms with Gasteiger partial charge in [-0.15, -0.1) is 0 Å². The largest absolute Gasteiger partial charge is 0.369 e. The number of carbonyl (C=O) groups excluding carboxylic acids is 2. The van der Waals surface area contributed by atoms with Crippen LogP contribution in [0.15, 0.2) is 0 Å². The van der Waals surface area contributed by atoms with Gasteiger partial charge in [0.1, 0.15) is 0 Å². The van der Waals surface area contributed by atoms with Gasteiger partial charge in [-0.05, 0) is 49.9 Å². The lowest BCUT2D eigenvalue weighted by molar-refractivity contribution is -0.165. The minimum absolute atomic E-state index is 0.294. The Labute approximate surface area is 94.7 Å². The Morgan fingerprint density at radius 3 is 2.00 bits per heavy atom. The Morgan fingerprint density at radius 2 is 1.56 bits per heavy atom. The van der Waals surface area contributed by atoms with Crippen molar-refractivity contribution in [2.75, 3.05) is 0 Å². The van der Waals surface area contributed by atoms with Crippen LogP contribution < -0.4 is 11.5 Å². The van der Waals surface area contributed by atoms with Gasteiger partial charge in [0.15, 0.2) is 0 Å². The Bertz CT molecular complexity index is 352. The third kappa shape index (κ3) is 1.10.